The number of benzene rings is 4. The van der Waals surface area contributed by atoms with Crippen molar-refractivity contribution >= 4 is 33.5 Å². The second-order valence-corrected chi connectivity index (χ2v) is 6.49. The van der Waals surface area contributed by atoms with Gasteiger partial charge in [0.15, 0.2) is 0 Å². The van der Waals surface area contributed by atoms with Gasteiger partial charge in [0.25, 0.3) is 0 Å². The molecule has 4 aromatic carbocycles. The number of carboxylic acids is 2. The molecule has 0 atom stereocenters. The van der Waals surface area contributed by atoms with Crippen LogP contribution in [0.4, 0.5) is 0 Å². The zero-order valence-electron chi connectivity index (χ0n) is 16.3. The number of carbonyl (C=O) groups is 2. The molecular weight excluding hydrogens is 465 g/mol. The Morgan fingerprint density at radius 1 is 0.586 bits per heavy atom. The smallest absolute Gasteiger partial charge is 0.545 e. The average Bonchev–Trinajstić information content (AvgIpc) is 2.69. The third-order valence-corrected chi connectivity index (χ3v) is 4.84. The van der Waals surface area contributed by atoms with Gasteiger partial charge in [-0.15, -0.1) is 0 Å². The number of hydrogen-bond acceptors (Lipinski definition) is 4. The van der Waals surface area contributed by atoms with Crippen LogP contribution in [0, 0.1) is 13.8 Å². The van der Waals surface area contributed by atoms with Gasteiger partial charge in [-0.3, -0.25) is 0 Å². The first-order valence-corrected chi connectivity index (χ1v) is 8.79. The van der Waals surface area contributed by atoms with E-state index in [4.69, 9.17) is 0 Å². The number of carboxylic acid groups (broad SMARTS) is 2. The van der Waals surface area contributed by atoms with Crippen LogP contribution in [0.3, 0.4) is 0 Å². The van der Waals surface area contributed by atoms with Crippen molar-refractivity contribution < 1.29 is 47.1 Å². The summed E-state index contributed by atoms with van der Waals surface area (Å²) >= 11 is 0. The molecule has 0 radical (unpaired) electrons. The summed E-state index contributed by atoms with van der Waals surface area (Å²) in [5.41, 5.74) is 2.07. The summed E-state index contributed by atoms with van der Waals surface area (Å²) in [4.78, 5) is 21.5. The number of aromatic carboxylic acids is 2. The predicted octanol–water partition coefficient (Wildman–Crippen LogP) is 3.02. The molecule has 0 saturated heterocycles. The molecule has 0 aliphatic rings. The normalized spacial score (nSPS) is 10.0. The van der Waals surface area contributed by atoms with Crippen molar-refractivity contribution in [3.8, 4) is 0 Å². The zero-order chi connectivity index (χ0) is 20.3. The molecule has 4 nitrogen and oxygen atoms in total. The molecule has 4 rings (SSSR count). The number of hydrogen-bond donors (Lipinski definition) is 0. The van der Waals surface area contributed by atoms with Crippen LogP contribution in [0.2, 0.25) is 0 Å². The van der Waals surface area contributed by atoms with Crippen molar-refractivity contribution in [3.05, 3.63) is 95.1 Å². The molecular formula is C24H18CdO4. The molecule has 29 heavy (non-hydrogen) atoms. The number of aryl methyl sites for hydroxylation is 2. The fourth-order valence-corrected chi connectivity index (χ4v) is 3.30. The van der Waals surface area contributed by atoms with Crippen LogP contribution in [0.1, 0.15) is 31.8 Å². The van der Waals surface area contributed by atoms with E-state index in [-0.39, 0.29) is 38.4 Å². The Morgan fingerprint density at radius 3 is 1.28 bits per heavy atom. The number of carbonyl (C=O) groups excluding carboxylic acids is 2. The fourth-order valence-electron chi connectivity index (χ4n) is 3.30. The van der Waals surface area contributed by atoms with E-state index in [0.717, 1.165) is 32.7 Å². The Balaban J connectivity index is 0.000000200. The first-order chi connectivity index (χ1) is 13.4. The van der Waals surface area contributed by atoms with Gasteiger partial charge in [0.1, 0.15) is 0 Å². The quantitative estimate of drug-likeness (QED) is 0.411. The van der Waals surface area contributed by atoms with Crippen LogP contribution in [-0.4, -0.2) is 11.9 Å². The Hall–Kier alpha value is -2.74. The molecule has 0 aliphatic heterocycles. The van der Waals surface area contributed by atoms with E-state index in [9.17, 15) is 19.8 Å². The van der Waals surface area contributed by atoms with Crippen molar-refractivity contribution in [3.63, 3.8) is 0 Å². The van der Waals surface area contributed by atoms with Crippen molar-refractivity contribution in [2.75, 3.05) is 0 Å². The molecule has 0 heterocycles. The third kappa shape index (κ3) is 4.82. The van der Waals surface area contributed by atoms with Gasteiger partial charge in [0.05, 0.1) is 11.9 Å². The molecule has 0 N–H and O–H groups in total. The van der Waals surface area contributed by atoms with Gasteiger partial charge in [-0.05, 0) is 46.5 Å². The summed E-state index contributed by atoms with van der Waals surface area (Å²) in [7, 11) is 0. The molecule has 0 spiro atoms. The summed E-state index contributed by atoms with van der Waals surface area (Å²) in [6.45, 7) is 3.60. The standard InChI is InChI=1S/2C12H10O2.Cd/c2*1-8-10-5-3-2-4-9(10)6-7-11(8)12(13)14;/h2*2-7H,1H3,(H,13,14);/q;;+2/p-2. The Labute approximate surface area is 189 Å². The van der Waals surface area contributed by atoms with Gasteiger partial charge in [-0.1, -0.05) is 72.8 Å². The summed E-state index contributed by atoms with van der Waals surface area (Å²) < 4.78 is 0. The first-order valence-electron chi connectivity index (χ1n) is 8.79. The van der Waals surface area contributed by atoms with E-state index < -0.39 is 11.9 Å². The van der Waals surface area contributed by atoms with E-state index in [2.05, 4.69) is 0 Å². The van der Waals surface area contributed by atoms with Gasteiger partial charge in [-0.25, -0.2) is 0 Å². The van der Waals surface area contributed by atoms with Crippen LogP contribution in [0.25, 0.3) is 21.5 Å². The van der Waals surface area contributed by atoms with Gasteiger partial charge in [0, 0.05) is 11.1 Å². The summed E-state index contributed by atoms with van der Waals surface area (Å²) in [5, 5.41) is 25.5. The first kappa shape index (κ1) is 22.6. The van der Waals surface area contributed by atoms with E-state index in [1.54, 1.807) is 38.1 Å². The second kappa shape index (κ2) is 9.65. The fraction of sp³-hybridized carbons (Fsp3) is 0.0833. The minimum absolute atomic E-state index is 0. The average molecular weight is 483 g/mol. The molecule has 0 saturated carbocycles. The van der Waals surface area contributed by atoms with Gasteiger partial charge in [0.2, 0.25) is 0 Å². The van der Waals surface area contributed by atoms with Crippen LogP contribution in [0.15, 0.2) is 72.8 Å². The van der Waals surface area contributed by atoms with E-state index in [1.165, 1.54) is 0 Å². The molecule has 5 heteroatoms. The third-order valence-electron chi connectivity index (χ3n) is 4.84. The maximum absolute atomic E-state index is 10.8. The molecule has 0 amide bonds. The maximum Gasteiger partial charge on any atom is 2.00 e. The Bertz CT molecular complexity index is 1100. The van der Waals surface area contributed by atoms with Crippen LogP contribution < -0.4 is 10.2 Å². The molecule has 0 aliphatic carbocycles. The predicted molar refractivity (Wildman–Crippen MR) is 106 cm³/mol. The topological polar surface area (TPSA) is 80.3 Å². The Kier molecular flexibility index (Phi) is 7.50. The SMILES string of the molecule is Cc1c(C(=O)[O-])ccc2ccccc12.Cc1c(C(=O)[O-])ccc2ccccc12.[Cd+2]. The molecule has 0 bridgehead atoms. The van der Waals surface area contributed by atoms with Gasteiger partial charge < -0.3 is 19.8 Å². The molecule has 0 fully saturated rings. The maximum atomic E-state index is 10.8. The van der Waals surface area contributed by atoms with Crippen LogP contribution in [0.5, 0.6) is 0 Å². The van der Waals surface area contributed by atoms with E-state index in [1.807, 2.05) is 48.5 Å². The van der Waals surface area contributed by atoms with Crippen molar-refractivity contribution in [1.29, 1.82) is 0 Å². The van der Waals surface area contributed by atoms with Gasteiger partial charge in [-0.2, -0.15) is 0 Å². The van der Waals surface area contributed by atoms with Crippen molar-refractivity contribution in [2.24, 2.45) is 0 Å². The summed E-state index contributed by atoms with van der Waals surface area (Å²) in [5.74, 6) is -2.23. The van der Waals surface area contributed by atoms with E-state index in [0.29, 0.717) is 0 Å². The second-order valence-electron chi connectivity index (χ2n) is 6.49. The minimum atomic E-state index is -1.12. The van der Waals surface area contributed by atoms with Crippen LogP contribution in [-0.2, 0) is 27.3 Å². The largest absolute Gasteiger partial charge is 2.00 e. The summed E-state index contributed by atoms with van der Waals surface area (Å²) in [6.07, 6.45) is 0. The number of rotatable bonds is 2. The molecule has 140 valence electrons. The molecule has 4 aromatic rings. The monoisotopic (exact) mass is 484 g/mol. The zero-order valence-corrected chi connectivity index (χ0v) is 20.3. The summed E-state index contributed by atoms with van der Waals surface area (Å²) in [6, 6.07) is 22.2. The Morgan fingerprint density at radius 2 is 0.931 bits per heavy atom. The van der Waals surface area contributed by atoms with Crippen LogP contribution >= 0.6 is 0 Å². The van der Waals surface area contributed by atoms with E-state index >= 15 is 0 Å². The van der Waals surface area contributed by atoms with Crippen molar-refractivity contribution in [1.82, 2.24) is 0 Å². The van der Waals surface area contributed by atoms with Crippen molar-refractivity contribution in [2.45, 2.75) is 13.8 Å². The molecule has 0 unspecified atom stereocenters. The number of fused-ring (bicyclic) bond motifs is 2. The minimum Gasteiger partial charge on any atom is -0.545 e. The van der Waals surface area contributed by atoms with Gasteiger partial charge >= 0.3 is 27.3 Å². The molecule has 0 aromatic heterocycles.